The van der Waals surface area contributed by atoms with Crippen LogP contribution in [-0.2, 0) is 6.54 Å². The number of aliphatic hydroxyl groups excluding tert-OH is 1. The number of ether oxygens (including phenoxy) is 1. The molecule has 0 amide bonds. The Morgan fingerprint density at radius 1 is 1.21 bits per heavy atom. The molecule has 1 aliphatic carbocycles. The van der Waals surface area contributed by atoms with Gasteiger partial charge >= 0.3 is 0 Å². The minimum Gasteiger partial charge on any atom is -0.496 e. The highest BCUT2D eigenvalue weighted by Gasteiger charge is 2.26. The van der Waals surface area contributed by atoms with Gasteiger partial charge in [-0.15, -0.1) is 0 Å². The maximum Gasteiger partial charge on any atom is 0.123 e. The van der Waals surface area contributed by atoms with E-state index >= 15 is 0 Å². The molecule has 2 aromatic carbocycles. The van der Waals surface area contributed by atoms with Crippen molar-refractivity contribution >= 4 is 10.8 Å². The van der Waals surface area contributed by atoms with Crippen LogP contribution in [0.5, 0.6) is 5.75 Å². The van der Waals surface area contributed by atoms with Crippen molar-refractivity contribution < 1.29 is 9.84 Å². The van der Waals surface area contributed by atoms with E-state index < -0.39 is 0 Å². The Labute approximate surface area is 113 Å². The average Bonchev–Trinajstić information content (AvgIpc) is 2.42. The molecule has 100 valence electrons. The second-order valence-electron chi connectivity index (χ2n) is 5.17. The van der Waals surface area contributed by atoms with Gasteiger partial charge in [0, 0.05) is 18.2 Å². The van der Waals surface area contributed by atoms with Crippen molar-refractivity contribution in [3.63, 3.8) is 0 Å². The van der Waals surface area contributed by atoms with Crippen LogP contribution in [0.3, 0.4) is 0 Å². The molecule has 0 unspecified atom stereocenters. The summed E-state index contributed by atoms with van der Waals surface area (Å²) < 4.78 is 5.47. The molecule has 1 fully saturated rings. The summed E-state index contributed by atoms with van der Waals surface area (Å²) in [5.74, 6) is 0.922. The zero-order valence-electron chi connectivity index (χ0n) is 11.1. The molecule has 0 aliphatic heterocycles. The first-order valence-corrected chi connectivity index (χ1v) is 6.74. The minimum atomic E-state index is -0.119. The van der Waals surface area contributed by atoms with Crippen LogP contribution in [0.1, 0.15) is 18.4 Å². The summed E-state index contributed by atoms with van der Waals surface area (Å²) >= 11 is 0. The van der Waals surface area contributed by atoms with Crippen LogP contribution in [0.15, 0.2) is 36.4 Å². The molecule has 1 saturated carbocycles. The van der Waals surface area contributed by atoms with Crippen LogP contribution >= 0.6 is 0 Å². The lowest BCUT2D eigenvalue weighted by Gasteiger charge is -2.32. The fraction of sp³-hybridized carbons (Fsp3) is 0.375. The van der Waals surface area contributed by atoms with Gasteiger partial charge in [0.15, 0.2) is 0 Å². The van der Waals surface area contributed by atoms with Gasteiger partial charge in [-0.3, -0.25) is 0 Å². The summed E-state index contributed by atoms with van der Waals surface area (Å²) in [7, 11) is 1.71. The maximum absolute atomic E-state index is 9.32. The third kappa shape index (κ3) is 2.44. The molecule has 0 atom stereocenters. The van der Waals surface area contributed by atoms with Gasteiger partial charge in [0.2, 0.25) is 0 Å². The molecule has 0 bridgehead atoms. The van der Waals surface area contributed by atoms with E-state index in [2.05, 4.69) is 29.6 Å². The van der Waals surface area contributed by atoms with Crippen molar-refractivity contribution in [3.05, 3.63) is 42.0 Å². The number of nitrogens with one attached hydrogen (secondary N) is 1. The van der Waals surface area contributed by atoms with Gasteiger partial charge in [0.1, 0.15) is 5.75 Å². The molecule has 2 N–H and O–H groups in total. The van der Waals surface area contributed by atoms with Gasteiger partial charge in [0.25, 0.3) is 0 Å². The first-order chi connectivity index (χ1) is 9.28. The number of methoxy groups -OCH3 is 1. The van der Waals surface area contributed by atoms with E-state index in [1.54, 1.807) is 7.11 Å². The lowest BCUT2D eigenvalue weighted by molar-refractivity contribution is 0.0619. The van der Waals surface area contributed by atoms with Crippen molar-refractivity contribution in [1.29, 1.82) is 0 Å². The van der Waals surface area contributed by atoms with Crippen molar-refractivity contribution in [3.8, 4) is 5.75 Å². The van der Waals surface area contributed by atoms with E-state index in [9.17, 15) is 5.11 Å². The molecule has 3 nitrogen and oxygen atoms in total. The van der Waals surface area contributed by atoms with Crippen LogP contribution < -0.4 is 10.1 Å². The van der Waals surface area contributed by atoms with Gasteiger partial charge in [-0.05, 0) is 29.7 Å². The third-order valence-electron chi connectivity index (χ3n) is 3.90. The minimum absolute atomic E-state index is 0.119. The summed E-state index contributed by atoms with van der Waals surface area (Å²) in [5, 5.41) is 15.3. The Kier molecular flexibility index (Phi) is 3.40. The van der Waals surface area contributed by atoms with Crippen molar-refractivity contribution in [1.82, 2.24) is 5.32 Å². The largest absolute Gasteiger partial charge is 0.496 e. The van der Waals surface area contributed by atoms with Crippen molar-refractivity contribution in [2.75, 3.05) is 7.11 Å². The maximum atomic E-state index is 9.32. The summed E-state index contributed by atoms with van der Waals surface area (Å²) in [6.45, 7) is 0.780. The quantitative estimate of drug-likeness (QED) is 0.884. The Morgan fingerprint density at radius 3 is 2.74 bits per heavy atom. The van der Waals surface area contributed by atoms with Crippen LogP contribution in [0, 0.1) is 0 Å². The molecule has 1 aliphatic rings. The molecule has 3 heteroatoms. The summed E-state index contributed by atoms with van der Waals surface area (Å²) in [5.41, 5.74) is 1.20. The molecule has 0 saturated heterocycles. The molecule has 0 spiro atoms. The molecule has 3 rings (SSSR count). The molecule has 0 heterocycles. The smallest absolute Gasteiger partial charge is 0.123 e. The second-order valence-corrected chi connectivity index (χ2v) is 5.17. The fourth-order valence-corrected chi connectivity index (χ4v) is 2.69. The number of aliphatic hydroxyl groups is 1. The fourth-order valence-electron chi connectivity index (χ4n) is 2.69. The van der Waals surface area contributed by atoms with E-state index in [1.165, 1.54) is 16.3 Å². The second kappa shape index (κ2) is 5.19. The third-order valence-corrected chi connectivity index (χ3v) is 3.90. The lowest BCUT2D eigenvalue weighted by Crippen LogP contribution is -2.43. The monoisotopic (exact) mass is 257 g/mol. The van der Waals surface area contributed by atoms with Gasteiger partial charge in [-0.2, -0.15) is 0 Å². The summed E-state index contributed by atoms with van der Waals surface area (Å²) in [6, 6.07) is 12.9. The normalized spacial score (nSPS) is 22.2. The standard InChI is InChI=1S/C16H19NO2/c1-19-16-7-6-11-4-2-3-5-14(11)15(16)10-17-12-8-13(18)9-12/h2-7,12-13,17-18H,8-10H2,1H3. The lowest BCUT2D eigenvalue weighted by atomic mass is 9.89. The van der Waals surface area contributed by atoms with Crippen LogP contribution in [0.4, 0.5) is 0 Å². The van der Waals surface area contributed by atoms with E-state index in [0.29, 0.717) is 6.04 Å². The molecule has 0 radical (unpaired) electrons. The van der Waals surface area contributed by atoms with Crippen LogP contribution in [0.25, 0.3) is 10.8 Å². The topological polar surface area (TPSA) is 41.5 Å². The molecule has 2 aromatic rings. The highest BCUT2D eigenvalue weighted by atomic mass is 16.5. The van der Waals surface area contributed by atoms with Gasteiger partial charge in [-0.1, -0.05) is 30.3 Å². The molecular formula is C16H19NO2. The molecule has 19 heavy (non-hydrogen) atoms. The molecule has 0 aromatic heterocycles. The zero-order valence-corrected chi connectivity index (χ0v) is 11.1. The van der Waals surface area contributed by atoms with Crippen LogP contribution in [-0.4, -0.2) is 24.4 Å². The number of hydrogen-bond acceptors (Lipinski definition) is 3. The van der Waals surface area contributed by atoms with Gasteiger partial charge in [0.05, 0.1) is 13.2 Å². The number of benzene rings is 2. The highest BCUT2D eigenvalue weighted by Crippen LogP contribution is 2.29. The van der Waals surface area contributed by atoms with E-state index in [4.69, 9.17) is 4.74 Å². The Bertz CT molecular complexity index is 576. The Morgan fingerprint density at radius 2 is 2.00 bits per heavy atom. The van der Waals surface area contributed by atoms with Crippen molar-refractivity contribution in [2.24, 2.45) is 0 Å². The van der Waals surface area contributed by atoms with E-state index in [-0.39, 0.29) is 6.10 Å². The Balaban J connectivity index is 1.86. The van der Waals surface area contributed by atoms with E-state index in [0.717, 1.165) is 25.1 Å². The van der Waals surface area contributed by atoms with Crippen LogP contribution in [0.2, 0.25) is 0 Å². The zero-order chi connectivity index (χ0) is 13.2. The summed E-state index contributed by atoms with van der Waals surface area (Å²) in [4.78, 5) is 0. The number of hydrogen-bond donors (Lipinski definition) is 2. The predicted molar refractivity (Wildman–Crippen MR) is 76.4 cm³/mol. The van der Waals surface area contributed by atoms with Crippen molar-refractivity contribution in [2.45, 2.75) is 31.5 Å². The summed E-state index contributed by atoms with van der Waals surface area (Å²) in [6.07, 6.45) is 1.59. The first-order valence-electron chi connectivity index (χ1n) is 6.74. The predicted octanol–water partition coefficient (Wildman–Crippen LogP) is 2.46. The first kappa shape index (κ1) is 12.5. The average molecular weight is 257 g/mol. The highest BCUT2D eigenvalue weighted by molar-refractivity contribution is 5.87. The molecular weight excluding hydrogens is 238 g/mol. The van der Waals surface area contributed by atoms with Gasteiger partial charge in [-0.25, -0.2) is 0 Å². The number of fused-ring (bicyclic) bond motifs is 1. The van der Waals surface area contributed by atoms with E-state index in [1.807, 2.05) is 12.1 Å². The SMILES string of the molecule is COc1ccc2ccccc2c1CNC1CC(O)C1. The Hall–Kier alpha value is -1.58. The van der Waals surface area contributed by atoms with Gasteiger partial charge < -0.3 is 15.2 Å². The number of rotatable bonds is 4.